The van der Waals surface area contributed by atoms with Crippen LogP contribution in [-0.4, -0.2) is 61.5 Å². The van der Waals surface area contributed by atoms with E-state index in [0.717, 1.165) is 50.4 Å². The number of aromatic nitrogens is 4. The molecular formula is C18H26N6O2. The van der Waals surface area contributed by atoms with Gasteiger partial charge in [0.2, 0.25) is 5.89 Å². The summed E-state index contributed by atoms with van der Waals surface area (Å²) in [6.45, 7) is 8.87. The summed E-state index contributed by atoms with van der Waals surface area (Å²) < 4.78 is 5.07. The molecule has 8 nitrogen and oxygen atoms in total. The lowest BCUT2D eigenvalue weighted by atomic mass is 10.1. The zero-order valence-electron chi connectivity index (χ0n) is 15.7. The largest absolute Gasteiger partial charge is 0.340 e. The van der Waals surface area contributed by atoms with Crippen molar-refractivity contribution in [1.82, 2.24) is 29.9 Å². The highest BCUT2D eigenvalue weighted by Gasteiger charge is 2.26. The van der Waals surface area contributed by atoms with Gasteiger partial charge in [-0.25, -0.2) is 4.98 Å². The first kappa shape index (κ1) is 18.4. The minimum Gasteiger partial charge on any atom is -0.340 e. The van der Waals surface area contributed by atoms with Crippen molar-refractivity contribution >= 4 is 5.91 Å². The Morgan fingerprint density at radius 1 is 1.27 bits per heavy atom. The number of hydrogen-bond donors (Lipinski definition) is 0. The van der Waals surface area contributed by atoms with Crippen molar-refractivity contribution in [3.05, 3.63) is 35.5 Å². The van der Waals surface area contributed by atoms with Gasteiger partial charge in [-0.2, -0.15) is 4.98 Å². The van der Waals surface area contributed by atoms with Gasteiger partial charge in [0.05, 0.1) is 18.4 Å². The number of rotatable bonds is 5. The predicted molar refractivity (Wildman–Crippen MR) is 95.4 cm³/mol. The van der Waals surface area contributed by atoms with Crippen LogP contribution in [0, 0.1) is 13.8 Å². The zero-order chi connectivity index (χ0) is 18.5. The summed E-state index contributed by atoms with van der Waals surface area (Å²) in [6, 6.07) is 0.403. The van der Waals surface area contributed by atoms with Crippen LogP contribution in [0.15, 0.2) is 16.9 Å². The summed E-state index contributed by atoms with van der Waals surface area (Å²) in [7, 11) is 0. The van der Waals surface area contributed by atoms with E-state index in [9.17, 15) is 4.79 Å². The van der Waals surface area contributed by atoms with Gasteiger partial charge in [-0.1, -0.05) is 12.1 Å². The van der Waals surface area contributed by atoms with Crippen molar-refractivity contribution in [3.63, 3.8) is 0 Å². The number of aryl methyl sites for hydroxylation is 2. The average molecular weight is 358 g/mol. The van der Waals surface area contributed by atoms with E-state index in [-0.39, 0.29) is 5.91 Å². The highest BCUT2D eigenvalue weighted by Crippen LogP contribution is 2.19. The maximum atomic E-state index is 12.7. The number of likely N-dealkylation sites (tertiary alicyclic amines) is 1. The molecule has 2 aromatic heterocycles. The van der Waals surface area contributed by atoms with Crippen LogP contribution in [0.3, 0.4) is 0 Å². The zero-order valence-corrected chi connectivity index (χ0v) is 15.7. The van der Waals surface area contributed by atoms with Gasteiger partial charge in [0.1, 0.15) is 5.69 Å². The van der Waals surface area contributed by atoms with Crippen LogP contribution in [0.1, 0.15) is 54.1 Å². The van der Waals surface area contributed by atoms with Gasteiger partial charge in [0, 0.05) is 32.3 Å². The summed E-state index contributed by atoms with van der Waals surface area (Å²) >= 11 is 0. The molecule has 2 aromatic rings. The van der Waals surface area contributed by atoms with E-state index in [1.165, 1.54) is 0 Å². The van der Waals surface area contributed by atoms with Crippen LogP contribution >= 0.6 is 0 Å². The van der Waals surface area contributed by atoms with Crippen LogP contribution in [0.4, 0.5) is 0 Å². The maximum absolute atomic E-state index is 12.7. The maximum Gasteiger partial charge on any atom is 0.274 e. The second kappa shape index (κ2) is 8.35. The van der Waals surface area contributed by atoms with Gasteiger partial charge in [-0.05, 0) is 32.7 Å². The lowest BCUT2D eigenvalue weighted by molar-refractivity contribution is 0.0749. The highest BCUT2D eigenvalue weighted by atomic mass is 16.5. The van der Waals surface area contributed by atoms with E-state index < -0.39 is 0 Å². The van der Waals surface area contributed by atoms with Crippen molar-refractivity contribution in [2.45, 2.75) is 52.6 Å². The highest BCUT2D eigenvalue weighted by molar-refractivity contribution is 5.92. The fourth-order valence-electron chi connectivity index (χ4n) is 3.40. The molecule has 1 fully saturated rings. The molecule has 3 rings (SSSR count). The van der Waals surface area contributed by atoms with Gasteiger partial charge in [-0.3, -0.25) is 14.7 Å². The van der Waals surface area contributed by atoms with Gasteiger partial charge >= 0.3 is 0 Å². The summed E-state index contributed by atoms with van der Waals surface area (Å²) in [5.41, 5.74) is 1.23. The lowest BCUT2D eigenvalue weighted by Crippen LogP contribution is -2.37. The predicted octanol–water partition coefficient (Wildman–Crippen LogP) is 1.99. The number of carbonyl (C=O) groups excluding carboxylic acids is 1. The first-order valence-corrected chi connectivity index (χ1v) is 9.18. The molecule has 0 saturated carbocycles. The van der Waals surface area contributed by atoms with E-state index in [1.807, 2.05) is 11.8 Å². The van der Waals surface area contributed by atoms with Crippen LogP contribution in [0.5, 0.6) is 0 Å². The first-order valence-electron chi connectivity index (χ1n) is 9.18. The fourth-order valence-corrected chi connectivity index (χ4v) is 3.40. The molecule has 0 spiro atoms. The molecule has 0 N–H and O–H groups in total. The van der Waals surface area contributed by atoms with Gasteiger partial charge in [0.15, 0.2) is 5.82 Å². The molecule has 1 amide bonds. The smallest absolute Gasteiger partial charge is 0.274 e. The third-order valence-electron chi connectivity index (χ3n) is 4.82. The van der Waals surface area contributed by atoms with Gasteiger partial charge in [-0.15, -0.1) is 0 Å². The molecule has 1 saturated heterocycles. The molecule has 0 aromatic carbocycles. The van der Waals surface area contributed by atoms with E-state index in [2.05, 4.69) is 31.9 Å². The van der Waals surface area contributed by atoms with Crippen LogP contribution in [0.25, 0.3) is 0 Å². The third-order valence-corrected chi connectivity index (χ3v) is 4.82. The van der Waals surface area contributed by atoms with Crippen molar-refractivity contribution in [2.24, 2.45) is 0 Å². The molecule has 26 heavy (non-hydrogen) atoms. The molecule has 8 heteroatoms. The van der Waals surface area contributed by atoms with Crippen LogP contribution in [0.2, 0.25) is 0 Å². The van der Waals surface area contributed by atoms with E-state index in [0.29, 0.717) is 24.2 Å². The van der Waals surface area contributed by atoms with Crippen molar-refractivity contribution in [3.8, 4) is 0 Å². The number of hydrogen-bond acceptors (Lipinski definition) is 7. The molecule has 0 aliphatic carbocycles. The lowest BCUT2D eigenvalue weighted by Gasteiger charge is -2.28. The number of carbonyl (C=O) groups is 1. The molecule has 0 bridgehead atoms. The molecular weight excluding hydrogens is 332 g/mol. The first-order chi connectivity index (χ1) is 12.6. The Bertz CT molecular complexity index is 730. The average Bonchev–Trinajstić information content (AvgIpc) is 2.91. The summed E-state index contributed by atoms with van der Waals surface area (Å²) in [4.78, 5) is 29.7. The van der Waals surface area contributed by atoms with Crippen LogP contribution < -0.4 is 0 Å². The van der Waals surface area contributed by atoms with Crippen molar-refractivity contribution < 1.29 is 9.32 Å². The minimum atomic E-state index is -0.0324. The topological polar surface area (TPSA) is 88.3 Å². The molecule has 1 aliphatic rings. The number of nitrogens with zero attached hydrogens (tertiary/aromatic N) is 6. The Kier molecular flexibility index (Phi) is 5.92. The molecule has 0 radical (unpaired) electrons. The number of amides is 1. The summed E-state index contributed by atoms with van der Waals surface area (Å²) in [5.74, 6) is 1.28. The third kappa shape index (κ3) is 4.43. The van der Waals surface area contributed by atoms with E-state index in [4.69, 9.17) is 4.52 Å². The Morgan fingerprint density at radius 2 is 2.12 bits per heavy atom. The standard InChI is InChI=1S/C18H26N6O2/c1-4-23(12-17-21-14(3)26-22-17)15-6-5-8-24(9-7-15)18(25)16-11-19-13(2)10-20-16/h10-11,15H,4-9,12H2,1-3H3/t15-/m1/s1. The molecule has 1 atom stereocenters. The quantitative estimate of drug-likeness (QED) is 0.807. The van der Waals surface area contributed by atoms with E-state index in [1.54, 1.807) is 19.3 Å². The Balaban J connectivity index is 1.61. The fraction of sp³-hybridized carbons (Fsp3) is 0.611. The summed E-state index contributed by atoms with van der Waals surface area (Å²) in [6.07, 6.45) is 6.15. The summed E-state index contributed by atoms with van der Waals surface area (Å²) in [5, 5.41) is 4.00. The normalized spacial score (nSPS) is 18.2. The Hall–Kier alpha value is -2.35. The van der Waals surface area contributed by atoms with Gasteiger partial charge < -0.3 is 9.42 Å². The molecule has 0 unspecified atom stereocenters. The van der Waals surface area contributed by atoms with Crippen LogP contribution in [-0.2, 0) is 6.54 Å². The Labute approximate surface area is 153 Å². The SMILES string of the molecule is CCN(Cc1noc(C)n1)[C@@H]1CCCN(C(=O)c2cnc(C)cn2)CC1. The Morgan fingerprint density at radius 3 is 2.77 bits per heavy atom. The second-order valence-electron chi connectivity index (χ2n) is 6.71. The van der Waals surface area contributed by atoms with E-state index >= 15 is 0 Å². The van der Waals surface area contributed by atoms with Crippen molar-refractivity contribution in [2.75, 3.05) is 19.6 Å². The van der Waals surface area contributed by atoms with Gasteiger partial charge in [0.25, 0.3) is 5.91 Å². The molecule has 3 heterocycles. The molecule has 140 valence electrons. The minimum absolute atomic E-state index is 0.0324. The molecule has 1 aliphatic heterocycles. The van der Waals surface area contributed by atoms with Crippen molar-refractivity contribution in [1.29, 1.82) is 0 Å². The second-order valence-corrected chi connectivity index (χ2v) is 6.71. The monoisotopic (exact) mass is 358 g/mol.